The maximum Gasteiger partial charge on any atom is 0.408 e. The second-order valence-electron chi connectivity index (χ2n) is 5.01. The van der Waals surface area contributed by atoms with Crippen LogP contribution < -0.4 is 5.32 Å². The maximum absolute atomic E-state index is 11.5. The summed E-state index contributed by atoms with van der Waals surface area (Å²) < 4.78 is 5.02. The van der Waals surface area contributed by atoms with Crippen LogP contribution in [0.5, 0.6) is 0 Å². The molecule has 0 fully saturated rings. The lowest BCUT2D eigenvalue weighted by Crippen LogP contribution is -2.53. The molecule has 0 aliphatic heterocycles. The molecule has 0 aromatic rings. The molecule has 0 spiro atoms. The number of aliphatic carboxylic acids is 1. The number of hydrogen-bond acceptors (Lipinski definition) is 3. The van der Waals surface area contributed by atoms with E-state index in [2.05, 4.69) is 5.32 Å². The van der Waals surface area contributed by atoms with E-state index in [1.165, 1.54) is 6.92 Å². The number of carbonyl (C=O) groups is 2. The van der Waals surface area contributed by atoms with E-state index < -0.39 is 23.2 Å². The summed E-state index contributed by atoms with van der Waals surface area (Å²) in [6, 6.07) is 0. The Kier molecular flexibility index (Phi) is 4.78. The van der Waals surface area contributed by atoms with Crippen LogP contribution in [0.25, 0.3) is 0 Å². The summed E-state index contributed by atoms with van der Waals surface area (Å²) in [6.45, 7) is 8.51. The first-order valence-corrected chi connectivity index (χ1v) is 5.35. The van der Waals surface area contributed by atoms with Crippen molar-refractivity contribution in [2.75, 3.05) is 0 Å². The van der Waals surface area contributed by atoms with Gasteiger partial charge >= 0.3 is 12.1 Å². The first kappa shape index (κ1) is 14.7. The van der Waals surface area contributed by atoms with Crippen molar-refractivity contribution < 1.29 is 19.4 Å². The zero-order chi connectivity index (χ0) is 13.0. The zero-order valence-corrected chi connectivity index (χ0v) is 10.6. The van der Waals surface area contributed by atoms with Crippen molar-refractivity contribution in [1.82, 2.24) is 5.32 Å². The van der Waals surface area contributed by atoms with Crippen LogP contribution in [0.4, 0.5) is 4.79 Å². The van der Waals surface area contributed by atoms with E-state index in [0.717, 1.165) is 0 Å². The summed E-state index contributed by atoms with van der Waals surface area (Å²) in [5.41, 5.74) is -1.90. The molecular formula is C11H21NO4. The van der Waals surface area contributed by atoms with Gasteiger partial charge in [-0.3, -0.25) is 0 Å². The second-order valence-corrected chi connectivity index (χ2v) is 5.01. The molecule has 1 atom stereocenters. The molecule has 0 heterocycles. The van der Waals surface area contributed by atoms with Crippen molar-refractivity contribution in [3.8, 4) is 0 Å². The van der Waals surface area contributed by atoms with Gasteiger partial charge in [0.15, 0.2) is 0 Å². The third-order valence-corrected chi connectivity index (χ3v) is 2.00. The fourth-order valence-electron chi connectivity index (χ4n) is 1.25. The average Bonchev–Trinajstić information content (AvgIpc) is 1.99. The third kappa shape index (κ3) is 5.00. The van der Waals surface area contributed by atoms with Gasteiger partial charge in [-0.1, -0.05) is 13.3 Å². The molecule has 0 saturated carbocycles. The molecule has 5 nitrogen and oxygen atoms in total. The van der Waals surface area contributed by atoms with Crippen LogP contribution in [0.1, 0.15) is 47.5 Å². The highest BCUT2D eigenvalue weighted by Gasteiger charge is 2.35. The van der Waals surface area contributed by atoms with E-state index >= 15 is 0 Å². The number of carboxylic acid groups (broad SMARTS) is 1. The predicted molar refractivity (Wildman–Crippen MR) is 60.3 cm³/mol. The van der Waals surface area contributed by atoms with Gasteiger partial charge in [-0.25, -0.2) is 9.59 Å². The van der Waals surface area contributed by atoms with Gasteiger partial charge in [-0.15, -0.1) is 0 Å². The van der Waals surface area contributed by atoms with E-state index in [9.17, 15) is 9.59 Å². The van der Waals surface area contributed by atoms with E-state index in [1.807, 2.05) is 6.92 Å². The predicted octanol–water partition coefficient (Wildman–Crippen LogP) is 2.15. The Morgan fingerprint density at radius 1 is 1.25 bits per heavy atom. The minimum absolute atomic E-state index is 0.363. The number of rotatable bonds is 4. The van der Waals surface area contributed by atoms with Gasteiger partial charge in [0.2, 0.25) is 0 Å². The first-order chi connectivity index (χ1) is 7.10. The molecule has 0 bridgehead atoms. The second kappa shape index (κ2) is 5.18. The normalized spacial score (nSPS) is 15.1. The van der Waals surface area contributed by atoms with Crippen LogP contribution in [0.3, 0.4) is 0 Å². The summed E-state index contributed by atoms with van der Waals surface area (Å²) in [4.78, 5) is 22.5. The maximum atomic E-state index is 11.5. The van der Waals surface area contributed by atoms with E-state index in [0.29, 0.717) is 12.8 Å². The highest BCUT2D eigenvalue weighted by molar-refractivity contribution is 5.83. The Hall–Kier alpha value is -1.26. The van der Waals surface area contributed by atoms with E-state index in [-0.39, 0.29) is 0 Å². The summed E-state index contributed by atoms with van der Waals surface area (Å²) in [5.74, 6) is -1.06. The Morgan fingerprint density at radius 2 is 1.75 bits per heavy atom. The quantitative estimate of drug-likeness (QED) is 0.777. The van der Waals surface area contributed by atoms with Gasteiger partial charge in [0.1, 0.15) is 11.1 Å². The van der Waals surface area contributed by atoms with E-state index in [4.69, 9.17) is 9.84 Å². The number of carboxylic acids is 1. The summed E-state index contributed by atoms with van der Waals surface area (Å²) in [7, 11) is 0. The van der Waals surface area contributed by atoms with Crippen molar-refractivity contribution in [3.05, 3.63) is 0 Å². The molecule has 0 saturated heterocycles. The number of hydrogen-bond donors (Lipinski definition) is 2. The topological polar surface area (TPSA) is 75.6 Å². The lowest BCUT2D eigenvalue weighted by molar-refractivity contribution is -0.144. The molecule has 16 heavy (non-hydrogen) atoms. The number of carbonyl (C=O) groups excluding carboxylic acids is 1. The average molecular weight is 231 g/mol. The first-order valence-electron chi connectivity index (χ1n) is 5.35. The van der Waals surface area contributed by atoms with Gasteiger partial charge in [0.05, 0.1) is 0 Å². The minimum Gasteiger partial charge on any atom is -0.480 e. The van der Waals surface area contributed by atoms with Crippen LogP contribution in [0.2, 0.25) is 0 Å². The highest BCUT2D eigenvalue weighted by atomic mass is 16.6. The lowest BCUT2D eigenvalue weighted by atomic mass is 9.97. The molecule has 0 unspecified atom stereocenters. The fraction of sp³-hybridized carbons (Fsp3) is 0.818. The van der Waals surface area contributed by atoms with Crippen LogP contribution in [0, 0.1) is 0 Å². The molecule has 1 amide bonds. The number of nitrogens with one attached hydrogen (secondary N) is 1. The highest BCUT2D eigenvalue weighted by Crippen LogP contribution is 2.14. The van der Waals surface area contributed by atoms with Crippen molar-refractivity contribution in [3.63, 3.8) is 0 Å². The van der Waals surface area contributed by atoms with Gasteiger partial charge < -0.3 is 15.2 Å². The van der Waals surface area contributed by atoms with Gasteiger partial charge in [-0.05, 0) is 34.1 Å². The van der Waals surface area contributed by atoms with Crippen molar-refractivity contribution in [2.45, 2.75) is 58.6 Å². The molecule has 2 N–H and O–H groups in total. The molecule has 0 aromatic heterocycles. The summed E-state index contributed by atoms with van der Waals surface area (Å²) >= 11 is 0. The number of amides is 1. The van der Waals surface area contributed by atoms with Crippen molar-refractivity contribution in [1.29, 1.82) is 0 Å². The largest absolute Gasteiger partial charge is 0.480 e. The summed E-state index contributed by atoms with van der Waals surface area (Å²) in [6.07, 6.45) is 0.325. The smallest absolute Gasteiger partial charge is 0.408 e. The number of alkyl carbamates (subject to hydrolysis) is 1. The SMILES string of the molecule is CCC[C@](C)(NC(=O)OC(C)(C)C)C(=O)O. The summed E-state index contributed by atoms with van der Waals surface area (Å²) in [5, 5.41) is 11.4. The molecule has 0 aromatic carbocycles. The van der Waals surface area contributed by atoms with Gasteiger partial charge in [0, 0.05) is 0 Å². The Labute approximate surface area is 96.2 Å². The number of ether oxygens (including phenoxy) is 1. The zero-order valence-electron chi connectivity index (χ0n) is 10.6. The fourth-order valence-corrected chi connectivity index (χ4v) is 1.25. The Morgan fingerprint density at radius 3 is 2.06 bits per heavy atom. The van der Waals surface area contributed by atoms with Crippen LogP contribution in [0.15, 0.2) is 0 Å². The molecule has 5 heteroatoms. The molecule has 0 aliphatic rings. The monoisotopic (exact) mass is 231 g/mol. The van der Waals surface area contributed by atoms with Crippen LogP contribution in [-0.4, -0.2) is 28.3 Å². The van der Waals surface area contributed by atoms with Crippen molar-refractivity contribution >= 4 is 12.1 Å². The van der Waals surface area contributed by atoms with Crippen molar-refractivity contribution in [2.24, 2.45) is 0 Å². The molecule has 94 valence electrons. The molecular weight excluding hydrogens is 210 g/mol. The standard InChI is InChI=1S/C11H21NO4/c1-6-7-11(5,8(13)14)12-9(15)16-10(2,3)4/h6-7H2,1-5H3,(H,12,15)(H,13,14)/t11-/m0/s1. The molecule has 0 radical (unpaired) electrons. The van der Waals surface area contributed by atoms with E-state index in [1.54, 1.807) is 20.8 Å². The van der Waals surface area contributed by atoms with Crippen LogP contribution in [-0.2, 0) is 9.53 Å². The molecule has 0 aliphatic carbocycles. The Bertz CT molecular complexity index is 270. The minimum atomic E-state index is -1.27. The van der Waals surface area contributed by atoms with Gasteiger partial charge in [-0.2, -0.15) is 0 Å². The van der Waals surface area contributed by atoms with Crippen LogP contribution >= 0.6 is 0 Å². The lowest BCUT2D eigenvalue weighted by Gasteiger charge is -2.28. The Balaban J connectivity index is 4.53. The third-order valence-electron chi connectivity index (χ3n) is 2.00. The van der Waals surface area contributed by atoms with Gasteiger partial charge in [0.25, 0.3) is 0 Å². The molecule has 0 rings (SSSR count).